The first-order valence-corrected chi connectivity index (χ1v) is 5.42. The lowest BCUT2D eigenvalue weighted by atomic mass is 10.2. The quantitative estimate of drug-likeness (QED) is 0.471. The van der Waals surface area contributed by atoms with E-state index in [9.17, 15) is 10.1 Å². The predicted molar refractivity (Wildman–Crippen MR) is 68.5 cm³/mol. The minimum Gasteiger partial charge on any atom is -0.460 e. The third-order valence-corrected chi connectivity index (χ3v) is 2.50. The second-order valence-electron chi connectivity index (χ2n) is 3.93. The average molecular weight is 244 g/mol. The largest absolute Gasteiger partial charge is 0.460 e. The van der Waals surface area contributed by atoms with Crippen molar-refractivity contribution in [1.82, 2.24) is 0 Å². The summed E-state index contributed by atoms with van der Waals surface area (Å²) in [5.74, 6) is 1.42. The van der Waals surface area contributed by atoms with Crippen LogP contribution in [-0.2, 0) is 0 Å². The number of nitro groups is 1. The van der Waals surface area contributed by atoms with E-state index in [1.807, 2.05) is 19.9 Å². The molecular weight excluding hydrogens is 232 g/mol. The Kier molecular flexibility index (Phi) is 3.23. The van der Waals surface area contributed by atoms with Crippen molar-refractivity contribution in [2.75, 3.05) is 0 Å². The fourth-order valence-corrected chi connectivity index (χ4v) is 1.51. The summed E-state index contributed by atoms with van der Waals surface area (Å²) in [6, 6.07) is 8.22. The number of hydrogen-bond acceptors (Lipinski definition) is 4. The number of hydrogen-bond donors (Lipinski definition) is 0. The Balaban J connectivity index is 2.30. The van der Waals surface area contributed by atoms with Crippen LogP contribution in [0.15, 0.2) is 39.7 Å². The van der Waals surface area contributed by atoms with E-state index in [4.69, 9.17) is 4.42 Å². The summed E-state index contributed by atoms with van der Waals surface area (Å²) in [5, 5.41) is 10.7. The van der Waals surface area contributed by atoms with Crippen molar-refractivity contribution in [3.8, 4) is 0 Å². The van der Waals surface area contributed by atoms with E-state index < -0.39 is 4.92 Å². The lowest BCUT2D eigenvalue weighted by Gasteiger charge is -1.99. The molecule has 0 saturated carbocycles. The van der Waals surface area contributed by atoms with Crippen LogP contribution < -0.4 is 0 Å². The van der Waals surface area contributed by atoms with E-state index in [0.717, 1.165) is 11.3 Å². The number of nitro benzene ring substituents is 1. The molecule has 0 atom stereocenters. The molecular formula is C13H12N2O3. The highest BCUT2D eigenvalue weighted by atomic mass is 16.6. The molecule has 0 fully saturated rings. The fraction of sp³-hybridized carbons (Fsp3) is 0.154. The molecule has 0 amide bonds. The van der Waals surface area contributed by atoms with Gasteiger partial charge in [0.15, 0.2) is 0 Å². The van der Waals surface area contributed by atoms with Crippen LogP contribution in [0.1, 0.15) is 17.1 Å². The SMILES string of the molecule is Cc1ccc(C=Nc2cc([N+](=O)[O-])ccc2C)o1. The van der Waals surface area contributed by atoms with Crippen molar-refractivity contribution < 1.29 is 9.34 Å². The lowest BCUT2D eigenvalue weighted by Crippen LogP contribution is -1.88. The van der Waals surface area contributed by atoms with E-state index in [2.05, 4.69) is 4.99 Å². The molecule has 0 radical (unpaired) electrons. The molecule has 5 nitrogen and oxygen atoms in total. The maximum atomic E-state index is 10.7. The first-order chi connectivity index (χ1) is 8.56. The van der Waals surface area contributed by atoms with E-state index in [0.29, 0.717) is 11.4 Å². The zero-order chi connectivity index (χ0) is 13.1. The van der Waals surface area contributed by atoms with Gasteiger partial charge in [-0.05, 0) is 31.5 Å². The zero-order valence-corrected chi connectivity index (χ0v) is 10.1. The summed E-state index contributed by atoms with van der Waals surface area (Å²) in [6.07, 6.45) is 1.55. The van der Waals surface area contributed by atoms with Gasteiger partial charge in [-0.25, -0.2) is 0 Å². The minimum absolute atomic E-state index is 0.0309. The van der Waals surface area contributed by atoms with Crippen LogP contribution in [0.5, 0.6) is 0 Å². The Labute approximate surface area is 104 Å². The van der Waals surface area contributed by atoms with Crippen LogP contribution in [0, 0.1) is 24.0 Å². The number of aliphatic imine (C=N–C) groups is 1. The van der Waals surface area contributed by atoms with E-state index in [-0.39, 0.29) is 5.69 Å². The van der Waals surface area contributed by atoms with Gasteiger partial charge >= 0.3 is 0 Å². The van der Waals surface area contributed by atoms with E-state index in [1.165, 1.54) is 12.1 Å². The molecule has 5 heteroatoms. The number of non-ortho nitro benzene ring substituents is 1. The van der Waals surface area contributed by atoms with Gasteiger partial charge in [0.1, 0.15) is 11.5 Å². The summed E-state index contributed by atoms with van der Waals surface area (Å²) in [5.41, 5.74) is 1.47. The summed E-state index contributed by atoms with van der Waals surface area (Å²) in [4.78, 5) is 14.5. The number of nitrogens with zero attached hydrogens (tertiary/aromatic N) is 2. The van der Waals surface area contributed by atoms with Gasteiger partial charge in [-0.15, -0.1) is 0 Å². The van der Waals surface area contributed by atoms with Crippen molar-refractivity contribution in [3.63, 3.8) is 0 Å². The van der Waals surface area contributed by atoms with Crippen LogP contribution >= 0.6 is 0 Å². The standard InChI is InChI=1S/C13H12N2O3/c1-9-3-5-11(15(16)17)7-13(9)14-8-12-6-4-10(2)18-12/h3-8H,1-2H3. The third-order valence-electron chi connectivity index (χ3n) is 2.50. The number of furan rings is 1. The third kappa shape index (κ3) is 2.63. The number of rotatable bonds is 3. The molecule has 0 spiro atoms. The average Bonchev–Trinajstić information content (AvgIpc) is 2.74. The van der Waals surface area contributed by atoms with Gasteiger partial charge in [-0.3, -0.25) is 15.1 Å². The molecule has 0 aliphatic heterocycles. The van der Waals surface area contributed by atoms with Crippen molar-refractivity contribution in [2.24, 2.45) is 4.99 Å². The van der Waals surface area contributed by atoms with Gasteiger partial charge in [0, 0.05) is 12.1 Å². The molecule has 1 aromatic carbocycles. The van der Waals surface area contributed by atoms with Crippen molar-refractivity contribution in [3.05, 3.63) is 57.5 Å². The summed E-state index contributed by atoms with van der Waals surface area (Å²) < 4.78 is 5.34. The highest BCUT2D eigenvalue weighted by Gasteiger charge is 2.07. The van der Waals surface area contributed by atoms with Gasteiger partial charge < -0.3 is 4.42 Å². The molecule has 2 rings (SSSR count). The smallest absolute Gasteiger partial charge is 0.271 e. The maximum Gasteiger partial charge on any atom is 0.271 e. The second kappa shape index (κ2) is 4.83. The number of benzene rings is 1. The molecule has 0 N–H and O–H groups in total. The molecule has 0 unspecified atom stereocenters. The molecule has 2 aromatic rings. The topological polar surface area (TPSA) is 68.6 Å². The molecule has 1 aromatic heterocycles. The Hall–Kier alpha value is -2.43. The lowest BCUT2D eigenvalue weighted by molar-refractivity contribution is -0.384. The fourth-order valence-electron chi connectivity index (χ4n) is 1.51. The Morgan fingerprint density at radius 1 is 1.28 bits per heavy atom. The van der Waals surface area contributed by atoms with Gasteiger partial charge in [0.25, 0.3) is 5.69 Å². The van der Waals surface area contributed by atoms with Crippen LogP contribution in [0.3, 0.4) is 0 Å². The van der Waals surface area contributed by atoms with Crippen LogP contribution in [0.4, 0.5) is 11.4 Å². The zero-order valence-electron chi connectivity index (χ0n) is 10.1. The second-order valence-corrected chi connectivity index (χ2v) is 3.93. The normalized spacial score (nSPS) is 11.0. The molecule has 0 bridgehead atoms. The molecule has 18 heavy (non-hydrogen) atoms. The van der Waals surface area contributed by atoms with Gasteiger partial charge in [-0.1, -0.05) is 6.07 Å². The van der Waals surface area contributed by atoms with Gasteiger partial charge in [-0.2, -0.15) is 0 Å². The number of aryl methyl sites for hydroxylation is 2. The summed E-state index contributed by atoms with van der Waals surface area (Å²) in [7, 11) is 0. The van der Waals surface area contributed by atoms with Crippen molar-refractivity contribution in [1.29, 1.82) is 0 Å². The first-order valence-electron chi connectivity index (χ1n) is 5.42. The van der Waals surface area contributed by atoms with Gasteiger partial charge in [0.05, 0.1) is 16.8 Å². The van der Waals surface area contributed by atoms with Crippen molar-refractivity contribution >= 4 is 17.6 Å². The molecule has 0 aliphatic carbocycles. The highest BCUT2D eigenvalue weighted by Crippen LogP contribution is 2.24. The monoisotopic (exact) mass is 244 g/mol. The Morgan fingerprint density at radius 3 is 2.67 bits per heavy atom. The predicted octanol–water partition coefficient (Wildman–Crippen LogP) is 3.56. The summed E-state index contributed by atoms with van der Waals surface area (Å²) >= 11 is 0. The van der Waals surface area contributed by atoms with Gasteiger partial charge in [0.2, 0.25) is 0 Å². The minimum atomic E-state index is -0.435. The van der Waals surface area contributed by atoms with Crippen LogP contribution in [0.2, 0.25) is 0 Å². The van der Waals surface area contributed by atoms with Crippen molar-refractivity contribution in [2.45, 2.75) is 13.8 Å². The molecule has 1 heterocycles. The Bertz CT molecular complexity index is 614. The van der Waals surface area contributed by atoms with E-state index >= 15 is 0 Å². The molecule has 0 aliphatic rings. The maximum absolute atomic E-state index is 10.7. The molecule has 92 valence electrons. The van der Waals surface area contributed by atoms with Crippen LogP contribution in [0.25, 0.3) is 0 Å². The summed E-state index contributed by atoms with van der Waals surface area (Å²) in [6.45, 7) is 3.69. The van der Waals surface area contributed by atoms with Crippen LogP contribution in [-0.4, -0.2) is 11.1 Å². The Morgan fingerprint density at radius 2 is 2.06 bits per heavy atom. The molecule has 0 saturated heterocycles. The first kappa shape index (κ1) is 12.0. The van der Waals surface area contributed by atoms with E-state index in [1.54, 1.807) is 18.3 Å². The highest BCUT2D eigenvalue weighted by molar-refractivity contribution is 5.79.